The van der Waals surface area contributed by atoms with Gasteiger partial charge in [0, 0.05) is 3.57 Å². The molecule has 1 aromatic carbocycles. The summed E-state index contributed by atoms with van der Waals surface area (Å²) < 4.78 is 6.53. The summed E-state index contributed by atoms with van der Waals surface area (Å²) in [5, 5.41) is 0. The van der Waals surface area contributed by atoms with Crippen molar-refractivity contribution in [3.63, 3.8) is 0 Å². The maximum Gasteiger partial charge on any atom is 0.417 e. The molecule has 2 N–H and O–H groups in total. The van der Waals surface area contributed by atoms with Gasteiger partial charge in [-0.25, -0.2) is 9.69 Å². The highest BCUT2D eigenvalue weighted by atomic mass is 127. The van der Waals surface area contributed by atoms with Crippen LogP contribution in [0, 0.1) is 3.57 Å². The van der Waals surface area contributed by atoms with Crippen molar-refractivity contribution < 1.29 is 9.53 Å². The fraction of sp³-hybridized carbons (Fsp3) is 0.429. The van der Waals surface area contributed by atoms with Gasteiger partial charge in [-0.1, -0.05) is 12.1 Å². The first-order chi connectivity index (χ1) is 9.28. The van der Waals surface area contributed by atoms with E-state index in [9.17, 15) is 4.79 Å². The lowest BCUT2D eigenvalue weighted by atomic mass is 10.1. The molecule has 108 valence electrons. The van der Waals surface area contributed by atoms with Crippen LogP contribution in [-0.4, -0.2) is 29.1 Å². The Bertz CT molecular complexity index is 534. The molecule has 1 aliphatic heterocycles. The summed E-state index contributed by atoms with van der Waals surface area (Å²) in [6.07, 6.45) is -0.459. The van der Waals surface area contributed by atoms with Crippen LogP contribution in [0.15, 0.2) is 29.3 Å². The van der Waals surface area contributed by atoms with Crippen molar-refractivity contribution in [2.75, 3.05) is 6.54 Å². The van der Waals surface area contributed by atoms with Crippen molar-refractivity contribution >= 4 is 34.6 Å². The monoisotopic (exact) mass is 387 g/mol. The molecule has 1 amide bonds. The molecular formula is C14H18IN3O2. The molecule has 1 unspecified atom stereocenters. The lowest BCUT2D eigenvalue weighted by Gasteiger charge is -2.28. The van der Waals surface area contributed by atoms with Gasteiger partial charge in [-0.3, -0.25) is 4.99 Å². The second kappa shape index (κ2) is 5.59. The lowest BCUT2D eigenvalue weighted by Crippen LogP contribution is -2.43. The van der Waals surface area contributed by atoms with Gasteiger partial charge >= 0.3 is 6.09 Å². The smallest absolute Gasteiger partial charge is 0.417 e. The van der Waals surface area contributed by atoms with Gasteiger partial charge < -0.3 is 10.5 Å². The zero-order chi connectivity index (χ0) is 14.9. The maximum atomic E-state index is 12.3. The van der Waals surface area contributed by atoms with Gasteiger partial charge in [-0.15, -0.1) is 0 Å². The first-order valence-electron chi connectivity index (χ1n) is 6.35. The van der Waals surface area contributed by atoms with Crippen molar-refractivity contribution in [3.05, 3.63) is 33.4 Å². The zero-order valence-corrected chi connectivity index (χ0v) is 13.9. The predicted molar refractivity (Wildman–Crippen MR) is 86.5 cm³/mol. The number of rotatable bonds is 1. The molecular weight excluding hydrogens is 369 g/mol. The molecule has 0 aromatic heterocycles. The fourth-order valence-electron chi connectivity index (χ4n) is 1.97. The van der Waals surface area contributed by atoms with E-state index in [0.29, 0.717) is 6.54 Å². The van der Waals surface area contributed by atoms with Crippen LogP contribution in [0.3, 0.4) is 0 Å². The molecule has 1 atom stereocenters. The number of amides is 1. The Morgan fingerprint density at radius 1 is 1.40 bits per heavy atom. The third kappa shape index (κ3) is 3.41. The van der Waals surface area contributed by atoms with Gasteiger partial charge in [0.15, 0.2) is 0 Å². The third-order valence-electron chi connectivity index (χ3n) is 2.83. The van der Waals surface area contributed by atoms with Crippen LogP contribution in [0.1, 0.15) is 32.4 Å². The minimum Gasteiger partial charge on any atom is -0.443 e. The van der Waals surface area contributed by atoms with E-state index in [1.807, 2.05) is 45.0 Å². The highest BCUT2D eigenvalue weighted by Gasteiger charge is 2.35. The first-order valence-corrected chi connectivity index (χ1v) is 7.43. The predicted octanol–water partition coefficient (Wildman–Crippen LogP) is 2.90. The lowest BCUT2D eigenvalue weighted by molar-refractivity contribution is 0.0329. The molecule has 5 nitrogen and oxygen atoms in total. The van der Waals surface area contributed by atoms with Crippen LogP contribution in [0.25, 0.3) is 0 Å². The standard InChI is InChI=1S/C14H18IN3O2/c1-14(2,3)20-13(19)18-11(8-17-12(18)16)9-4-6-10(15)7-5-9/h4-7,11H,8H2,1-3H3,(H2,16,17). The number of hydrogen-bond acceptors (Lipinski definition) is 4. The summed E-state index contributed by atoms with van der Waals surface area (Å²) in [4.78, 5) is 17.9. The number of carbonyl (C=O) groups excluding carboxylic acids is 1. The largest absolute Gasteiger partial charge is 0.443 e. The molecule has 0 fully saturated rings. The van der Waals surface area contributed by atoms with E-state index in [1.165, 1.54) is 4.90 Å². The van der Waals surface area contributed by atoms with E-state index in [2.05, 4.69) is 27.6 Å². The maximum absolute atomic E-state index is 12.3. The molecule has 20 heavy (non-hydrogen) atoms. The molecule has 1 heterocycles. The SMILES string of the molecule is CC(C)(C)OC(=O)N1C(N)=NCC1c1ccc(I)cc1. The summed E-state index contributed by atoms with van der Waals surface area (Å²) in [5.74, 6) is 0.211. The third-order valence-corrected chi connectivity index (χ3v) is 3.55. The summed E-state index contributed by atoms with van der Waals surface area (Å²) in [6.45, 7) is 5.95. The van der Waals surface area contributed by atoms with Gasteiger partial charge in [0.2, 0.25) is 5.96 Å². The van der Waals surface area contributed by atoms with Gasteiger partial charge in [-0.2, -0.15) is 0 Å². The average molecular weight is 387 g/mol. The molecule has 0 radical (unpaired) electrons. The number of benzene rings is 1. The highest BCUT2D eigenvalue weighted by molar-refractivity contribution is 14.1. The molecule has 6 heteroatoms. The topological polar surface area (TPSA) is 67.9 Å². The normalized spacial score (nSPS) is 18.9. The highest BCUT2D eigenvalue weighted by Crippen LogP contribution is 2.27. The first kappa shape index (κ1) is 15.1. The fourth-order valence-corrected chi connectivity index (χ4v) is 2.33. The van der Waals surface area contributed by atoms with Crippen molar-refractivity contribution in [3.8, 4) is 0 Å². The van der Waals surface area contributed by atoms with E-state index in [4.69, 9.17) is 10.5 Å². The average Bonchev–Trinajstić information content (AvgIpc) is 2.70. The molecule has 1 aliphatic rings. The number of carbonyl (C=O) groups is 1. The van der Waals surface area contributed by atoms with Crippen LogP contribution >= 0.6 is 22.6 Å². The number of nitrogens with zero attached hydrogens (tertiary/aromatic N) is 2. The molecule has 0 bridgehead atoms. The Hall–Kier alpha value is -1.31. The van der Waals surface area contributed by atoms with Crippen molar-refractivity contribution in [2.45, 2.75) is 32.4 Å². The molecule has 0 spiro atoms. The molecule has 1 aromatic rings. The second-order valence-corrected chi connectivity index (χ2v) is 6.86. The zero-order valence-electron chi connectivity index (χ0n) is 11.8. The van der Waals surface area contributed by atoms with E-state index in [-0.39, 0.29) is 12.0 Å². The van der Waals surface area contributed by atoms with Crippen LogP contribution in [0.5, 0.6) is 0 Å². The Kier molecular flexibility index (Phi) is 4.22. The van der Waals surface area contributed by atoms with Crippen molar-refractivity contribution in [1.82, 2.24) is 4.90 Å². The van der Waals surface area contributed by atoms with Gasteiger partial charge in [-0.05, 0) is 61.1 Å². The summed E-state index contributed by atoms with van der Waals surface area (Å²) in [5.41, 5.74) is 6.27. The number of aliphatic imine (C=N–C) groups is 1. The van der Waals surface area contributed by atoms with Crippen LogP contribution < -0.4 is 5.73 Å². The summed E-state index contributed by atoms with van der Waals surface area (Å²) >= 11 is 2.24. The second-order valence-electron chi connectivity index (χ2n) is 5.62. The Balaban J connectivity index is 2.22. The van der Waals surface area contributed by atoms with E-state index in [0.717, 1.165) is 9.13 Å². The van der Waals surface area contributed by atoms with E-state index < -0.39 is 11.7 Å². The van der Waals surface area contributed by atoms with Crippen molar-refractivity contribution in [2.24, 2.45) is 10.7 Å². The number of ether oxygens (including phenoxy) is 1. The van der Waals surface area contributed by atoms with E-state index in [1.54, 1.807) is 0 Å². The molecule has 0 saturated heterocycles. The number of halogens is 1. The van der Waals surface area contributed by atoms with E-state index >= 15 is 0 Å². The van der Waals surface area contributed by atoms with Crippen LogP contribution in [0.2, 0.25) is 0 Å². The van der Waals surface area contributed by atoms with Gasteiger partial charge in [0.1, 0.15) is 5.60 Å². The summed E-state index contributed by atoms with van der Waals surface area (Å²) in [6, 6.07) is 7.77. The number of hydrogen-bond donors (Lipinski definition) is 1. The minimum absolute atomic E-state index is 0.193. The van der Waals surface area contributed by atoms with Crippen molar-refractivity contribution in [1.29, 1.82) is 0 Å². The minimum atomic E-state index is -0.559. The Morgan fingerprint density at radius 2 is 2.00 bits per heavy atom. The molecule has 0 aliphatic carbocycles. The van der Waals surface area contributed by atoms with Crippen LogP contribution in [0.4, 0.5) is 4.79 Å². The number of guanidine groups is 1. The quantitative estimate of drug-likeness (QED) is 0.754. The molecule has 2 rings (SSSR count). The molecule has 0 saturated carbocycles. The summed E-state index contributed by atoms with van der Waals surface area (Å²) in [7, 11) is 0. The van der Waals surface area contributed by atoms with Gasteiger partial charge in [0.05, 0.1) is 12.6 Å². The van der Waals surface area contributed by atoms with Crippen LogP contribution in [-0.2, 0) is 4.74 Å². The number of nitrogens with two attached hydrogens (primary N) is 1. The Morgan fingerprint density at radius 3 is 2.55 bits per heavy atom. The van der Waals surface area contributed by atoms with Gasteiger partial charge in [0.25, 0.3) is 0 Å². The Labute approximate surface area is 132 Å².